The summed E-state index contributed by atoms with van der Waals surface area (Å²) in [5.74, 6) is 0. The van der Waals surface area contributed by atoms with Gasteiger partial charge in [0, 0.05) is 54.5 Å². The number of hydrogen-bond donors (Lipinski definition) is 0. The molecule has 0 aliphatic heterocycles. The van der Waals surface area contributed by atoms with Gasteiger partial charge >= 0.3 is 0 Å². The molecule has 11 aromatic carbocycles. The Labute approximate surface area is 366 Å². The molecule has 14 rings (SSSR count). The van der Waals surface area contributed by atoms with Crippen LogP contribution in [-0.2, 0) is 0 Å². The molecule has 14 aromatic rings. The number of hydrogen-bond acceptors (Lipinski definition) is 4. The number of rotatable bonds is 5. The molecule has 0 saturated heterocycles. The van der Waals surface area contributed by atoms with Crippen LogP contribution < -0.4 is 4.90 Å². The highest BCUT2D eigenvalue weighted by atomic mass is 16.3. The number of benzene rings is 11. The van der Waals surface area contributed by atoms with Gasteiger partial charge in [-0.1, -0.05) is 146 Å². The van der Waals surface area contributed by atoms with Crippen molar-refractivity contribution in [1.82, 2.24) is 0 Å². The smallest absolute Gasteiger partial charge is 0.143 e. The van der Waals surface area contributed by atoms with Crippen LogP contribution in [0.1, 0.15) is 0 Å². The van der Waals surface area contributed by atoms with Crippen molar-refractivity contribution in [1.29, 1.82) is 0 Å². The van der Waals surface area contributed by atoms with Gasteiger partial charge < -0.3 is 18.2 Å². The lowest BCUT2D eigenvalue weighted by Crippen LogP contribution is -2.10. The molecule has 3 heterocycles. The fraction of sp³-hybridized carbons (Fsp3) is 0. The second kappa shape index (κ2) is 13.4. The molecule has 298 valence electrons. The molecule has 0 atom stereocenters. The van der Waals surface area contributed by atoms with E-state index in [1.807, 2.05) is 0 Å². The summed E-state index contributed by atoms with van der Waals surface area (Å²) in [6.45, 7) is 0. The number of furan rings is 3. The fourth-order valence-electron chi connectivity index (χ4n) is 10.3. The van der Waals surface area contributed by atoms with Crippen LogP contribution in [0.2, 0.25) is 0 Å². The molecule has 0 spiro atoms. The van der Waals surface area contributed by atoms with Gasteiger partial charge in [0.15, 0.2) is 0 Å². The molecule has 0 saturated carbocycles. The molecule has 3 aromatic heterocycles. The molecule has 0 radical (unpaired) electrons. The van der Waals surface area contributed by atoms with Crippen molar-refractivity contribution in [2.45, 2.75) is 0 Å². The minimum absolute atomic E-state index is 0.846. The maximum absolute atomic E-state index is 6.73. The third-order valence-electron chi connectivity index (χ3n) is 13.3. The van der Waals surface area contributed by atoms with Crippen molar-refractivity contribution in [2.75, 3.05) is 4.90 Å². The van der Waals surface area contributed by atoms with Crippen molar-refractivity contribution >= 4 is 115 Å². The van der Waals surface area contributed by atoms with Gasteiger partial charge in [-0.3, -0.25) is 0 Å². The van der Waals surface area contributed by atoms with Gasteiger partial charge in [0.05, 0.1) is 11.1 Å². The van der Waals surface area contributed by atoms with Crippen molar-refractivity contribution in [2.24, 2.45) is 0 Å². The molecule has 0 unspecified atom stereocenters. The minimum Gasteiger partial charge on any atom is -0.455 e. The summed E-state index contributed by atoms with van der Waals surface area (Å²) in [6, 6.07) is 75.5. The first-order valence-corrected chi connectivity index (χ1v) is 21.7. The van der Waals surface area contributed by atoms with Gasteiger partial charge in [-0.05, 0) is 105 Å². The Morgan fingerprint density at radius 3 is 1.08 bits per heavy atom. The van der Waals surface area contributed by atoms with Crippen molar-refractivity contribution in [3.63, 3.8) is 0 Å². The minimum atomic E-state index is 0.846. The first kappa shape index (κ1) is 35.0. The summed E-state index contributed by atoms with van der Waals surface area (Å²) < 4.78 is 19.9. The molecule has 0 N–H and O–H groups in total. The largest absolute Gasteiger partial charge is 0.455 e. The molecular formula is C60H35NO3. The summed E-state index contributed by atoms with van der Waals surface area (Å²) in [7, 11) is 0. The summed E-state index contributed by atoms with van der Waals surface area (Å²) in [5, 5.41) is 13.5. The zero-order valence-corrected chi connectivity index (χ0v) is 34.4. The summed E-state index contributed by atoms with van der Waals surface area (Å²) in [6.07, 6.45) is 0. The highest BCUT2D eigenvalue weighted by Gasteiger charge is 2.22. The number of nitrogens with zero attached hydrogens (tertiary/aromatic N) is 1. The van der Waals surface area contributed by atoms with Gasteiger partial charge in [0.1, 0.15) is 33.5 Å². The Morgan fingerprint density at radius 1 is 0.266 bits per heavy atom. The van der Waals surface area contributed by atoms with E-state index in [-0.39, 0.29) is 0 Å². The van der Waals surface area contributed by atoms with Crippen molar-refractivity contribution in [3.8, 4) is 22.3 Å². The molecule has 0 aliphatic rings. The van der Waals surface area contributed by atoms with E-state index in [4.69, 9.17) is 13.3 Å². The standard InChI is InChI=1S/C60H35NO3/c1-4-13-45-36(10-1)26-33-48-55-43(16-7-19-52(55)62-58(45)48)39-22-29-41(30-23-39)61(51-18-9-21-54-57(51)50-35-28-38-12-3-6-15-47(38)60(50)64-54)42-31-24-40(25-32-42)44-17-8-20-53-56(44)49-34-27-37-11-2-5-14-46(37)59(49)63-53/h1-35H. The van der Waals surface area contributed by atoms with Crippen LogP contribution in [-0.4, -0.2) is 0 Å². The SMILES string of the molecule is c1ccc2c(c1)ccc1c2oc2cccc(-c3ccc(N(c4ccc(-c5cccc6oc7c8ccccc8ccc7c56)cc4)c4cccc5oc6c7ccccc7ccc6c45)cc3)c21. The Bertz CT molecular complexity index is 3990. The normalized spacial score (nSPS) is 12.1. The molecule has 0 aliphatic carbocycles. The van der Waals surface area contributed by atoms with E-state index in [1.54, 1.807) is 0 Å². The fourth-order valence-corrected chi connectivity index (χ4v) is 10.3. The van der Waals surface area contributed by atoms with Crippen LogP contribution in [0.15, 0.2) is 226 Å². The zero-order chi connectivity index (χ0) is 41.9. The van der Waals surface area contributed by atoms with Crippen molar-refractivity contribution < 1.29 is 13.3 Å². The van der Waals surface area contributed by atoms with Gasteiger partial charge in [-0.2, -0.15) is 0 Å². The molecular weight excluding hydrogens is 783 g/mol. The second-order valence-electron chi connectivity index (χ2n) is 16.7. The van der Waals surface area contributed by atoms with Crippen LogP contribution >= 0.6 is 0 Å². The van der Waals surface area contributed by atoms with Crippen LogP contribution in [0, 0.1) is 0 Å². The summed E-state index contributed by atoms with van der Waals surface area (Å²) in [5.41, 5.74) is 13.0. The number of fused-ring (bicyclic) bond motifs is 15. The number of anilines is 3. The van der Waals surface area contributed by atoms with Crippen LogP contribution in [0.25, 0.3) is 120 Å². The van der Waals surface area contributed by atoms with E-state index in [0.717, 1.165) is 127 Å². The predicted octanol–water partition coefficient (Wildman–Crippen LogP) is 17.6. The monoisotopic (exact) mass is 817 g/mol. The van der Waals surface area contributed by atoms with E-state index in [9.17, 15) is 0 Å². The Balaban J connectivity index is 0.940. The average molecular weight is 818 g/mol. The quantitative estimate of drug-likeness (QED) is 0.173. The van der Waals surface area contributed by atoms with Crippen LogP contribution in [0.4, 0.5) is 17.1 Å². The van der Waals surface area contributed by atoms with Crippen LogP contribution in [0.3, 0.4) is 0 Å². The van der Waals surface area contributed by atoms with Crippen LogP contribution in [0.5, 0.6) is 0 Å². The van der Waals surface area contributed by atoms with Crippen molar-refractivity contribution in [3.05, 3.63) is 212 Å². The summed E-state index contributed by atoms with van der Waals surface area (Å²) in [4.78, 5) is 2.36. The van der Waals surface area contributed by atoms with E-state index >= 15 is 0 Å². The zero-order valence-electron chi connectivity index (χ0n) is 34.4. The highest BCUT2D eigenvalue weighted by Crippen LogP contribution is 2.47. The highest BCUT2D eigenvalue weighted by molar-refractivity contribution is 6.22. The molecule has 4 nitrogen and oxygen atoms in total. The Hall–Kier alpha value is -8.60. The Kier molecular flexibility index (Phi) is 7.36. The van der Waals surface area contributed by atoms with E-state index in [1.165, 1.54) is 10.8 Å². The summed E-state index contributed by atoms with van der Waals surface area (Å²) >= 11 is 0. The maximum Gasteiger partial charge on any atom is 0.143 e. The third kappa shape index (κ3) is 5.11. The van der Waals surface area contributed by atoms with E-state index in [2.05, 4.69) is 217 Å². The van der Waals surface area contributed by atoms with Gasteiger partial charge in [0.2, 0.25) is 0 Å². The predicted molar refractivity (Wildman–Crippen MR) is 266 cm³/mol. The lowest BCUT2D eigenvalue weighted by Gasteiger charge is -2.26. The molecule has 4 heteroatoms. The Morgan fingerprint density at radius 2 is 0.641 bits per heavy atom. The maximum atomic E-state index is 6.73. The van der Waals surface area contributed by atoms with E-state index < -0.39 is 0 Å². The van der Waals surface area contributed by atoms with Gasteiger partial charge in [-0.25, -0.2) is 0 Å². The van der Waals surface area contributed by atoms with E-state index in [0.29, 0.717) is 0 Å². The lowest BCUT2D eigenvalue weighted by molar-refractivity contribution is 0.672. The average Bonchev–Trinajstić information content (AvgIpc) is 4.07. The van der Waals surface area contributed by atoms with Gasteiger partial charge in [-0.15, -0.1) is 0 Å². The second-order valence-corrected chi connectivity index (χ2v) is 16.7. The molecule has 0 bridgehead atoms. The first-order chi connectivity index (χ1) is 31.7. The topological polar surface area (TPSA) is 42.7 Å². The molecule has 64 heavy (non-hydrogen) atoms. The molecule has 0 amide bonds. The third-order valence-corrected chi connectivity index (χ3v) is 13.3. The lowest BCUT2D eigenvalue weighted by atomic mass is 9.97. The molecule has 0 fully saturated rings. The first-order valence-electron chi connectivity index (χ1n) is 21.7. The van der Waals surface area contributed by atoms with Gasteiger partial charge in [0.25, 0.3) is 0 Å².